The molecule has 0 spiro atoms. The Morgan fingerprint density at radius 2 is 1.94 bits per heavy atom. The van der Waals surface area contributed by atoms with Gasteiger partial charge in [0.1, 0.15) is 10.6 Å². The standard InChI is InChI=1S/C13H21NO3S/c1-6-11(4)14-18(15,16)12-8-9(2)7-10(3)13(12)17-5/h7-8,11,14H,6H2,1-5H3. The molecule has 0 aliphatic carbocycles. The molecule has 1 aromatic rings. The lowest BCUT2D eigenvalue weighted by atomic mass is 10.1. The van der Waals surface area contributed by atoms with Crippen LogP contribution in [-0.2, 0) is 10.0 Å². The molecule has 0 bridgehead atoms. The second kappa shape index (κ2) is 5.71. The van der Waals surface area contributed by atoms with Crippen LogP contribution in [0.15, 0.2) is 17.0 Å². The van der Waals surface area contributed by atoms with E-state index in [1.807, 2.05) is 33.8 Å². The fraction of sp³-hybridized carbons (Fsp3) is 0.538. The zero-order chi connectivity index (χ0) is 13.9. The van der Waals surface area contributed by atoms with Crippen LogP contribution in [0.5, 0.6) is 5.75 Å². The van der Waals surface area contributed by atoms with Crippen molar-refractivity contribution < 1.29 is 13.2 Å². The summed E-state index contributed by atoms with van der Waals surface area (Å²) in [5.74, 6) is 0.413. The summed E-state index contributed by atoms with van der Waals surface area (Å²) < 4.78 is 32.4. The molecule has 0 heterocycles. The number of hydrogen-bond donors (Lipinski definition) is 1. The third-order valence-corrected chi connectivity index (χ3v) is 4.44. The summed E-state index contributed by atoms with van der Waals surface area (Å²) in [6.07, 6.45) is 0.742. The van der Waals surface area contributed by atoms with Gasteiger partial charge in [-0.05, 0) is 44.4 Å². The van der Waals surface area contributed by atoms with Gasteiger partial charge in [0.2, 0.25) is 10.0 Å². The van der Waals surface area contributed by atoms with Crippen LogP contribution >= 0.6 is 0 Å². The summed E-state index contributed by atoms with van der Waals surface area (Å²) in [7, 11) is -2.05. The summed E-state index contributed by atoms with van der Waals surface area (Å²) in [6, 6.07) is 3.44. The molecular formula is C13H21NO3S. The predicted octanol–water partition coefficient (Wildman–Crippen LogP) is 2.39. The van der Waals surface area contributed by atoms with Crippen molar-refractivity contribution in [1.29, 1.82) is 0 Å². The zero-order valence-corrected chi connectivity index (χ0v) is 12.4. The number of sulfonamides is 1. The van der Waals surface area contributed by atoms with Crippen molar-refractivity contribution in [1.82, 2.24) is 4.72 Å². The SMILES string of the molecule is CCC(C)NS(=O)(=O)c1cc(C)cc(C)c1OC. The number of nitrogens with one attached hydrogen (secondary N) is 1. The first-order valence-electron chi connectivity index (χ1n) is 5.99. The van der Waals surface area contributed by atoms with Gasteiger partial charge in [-0.25, -0.2) is 13.1 Å². The summed E-state index contributed by atoms with van der Waals surface area (Å²) in [4.78, 5) is 0.211. The molecule has 0 aromatic heterocycles. The van der Waals surface area contributed by atoms with Gasteiger partial charge >= 0.3 is 0 Å². The number of rotatable bonds is 5. The molecule has 0 radical (unpaired) electrons. The molecule has 0 aliphatic heterocycles. The van der Waals surface area contributed by atoms with Crippen LogP contribution in [0.1, 0.15) is 31.4 Å². The monoisotopic (exact) mass is 271 g/mol. The summed E-state index contributed by atoms with van der Waals surface area (Å²) in [5, 5.41) is 0. The van der Waals surface area contributed by atoms with E-state index in [0.29, 0.717) is 5.75 Å². The first-order valence-corrected chi connectivity index (χ1v) is 7.47. The second-order valence-electron chi connectivity index (χ2n) is 4.54. The van der Waals surface area contributed by atoms with Crippen molar-refractivity contribution >= 4 is 10.0 Å². The largest absolute Gasteiger partial charge is 0.495 e. The highest BCUT2D eigenvalue weighted by atomic mass is 32.2. The van der Waals surface area contributed by atoms with Gasteiger partial charge in [0, 0.05) is 6.04 Å². The molecule has 1 unspecified atom stereocenters. The van der Waals surface area contributed by atoms with Crippen molar-refractivity contribution in [3.63, 3.8) is 0 Å². The number of aryl methyl sites for hydroxylation is 2. The summed E-state index contributed by atoms with van der Waals surface area (Å²) >= 11 is 0. The van der Waals surface area contributed by atoms with Crippen molar-refractivity contribution in [2.24, 2.45) is 0 Å². The van der Waals surface area contributed by atoms with Crippen molar-refractivity contribution in [2.75, 3.05) is 7.11 Å². The van der Waals surface area contributed by atoms with Gasteiger partial charge in [-0.2, -0.15) is 0 Å². The van der Waals surface area contributed by atoms with E-state index >= 15 is 0 Å². The highest BCUT2D eigenvalue weighted by Gasteiger charge is 2.22. The van der Waals surface area contributed by atoms with Crippen molar-refractivity contribution in [3.05, 3.63) is 23.3 Å². The molecule has 1 atom stereocenters. The van der Waals surface area contributed by atoms with E-state index < -0.39 is 10.0 Å². The molecule has 18 heavy (non-hydrogen) atoms. The average molecular weight is 271 g/mol. The van der Waals surface area contributed by atoms with Gasteiger partial charge in [0.05, 0.1) is 7.11 Å². The van der Waals surface area contributed by atoms with Crippen LogP contribution in [-0.4, -0.2) is 21.6 Å². The lowest BCUT2D eigenvalue weighted by molar-refractivity contribution is 0.398. The van der Waals surface area contributed by atoms with E-state index in [1.54, 1.807) is 6.07 Å². The molecule has 0 amide bonds. The Labute approximate surface area is 109 Å². The Morgan fingerprint density at radius 3 is 2.44 bits per heavy atom. The fourth-order valence-corrected chi connectivity index (χ4v) is 3.44. The normalized spacial score (nSPS) is 13.4. The Bertz CT molecular complexity index is 523. The summed E-state index contributed by atoms with van der Waals surface area (Å²) in [5.41, 5.74) is 1.72. The number of hydrogen-bond acceptors (Lipinski definition) is 3. The van der Waals surface area contributed by atoms with Gasteiger partial charge in [0.25, 0.3) is 0 Å². The predicted molar refractivity (Wildman–Crippen MR) is 72.5 cm³/mol. The maximum absolute atomic E-state index is 12.3. The van der Waals surface area contributed by atoms with Crippen LogP contribution in [0.4, 0.5) is 0 Å². The minimum atomic E-state index is -3.53. The van der Waals surface area contributed by atoms with Crippen LogP contribution in [0.3, 0.4) is 0 Å². The lowest BCUT2D eigenvalue weighted by Crippen LogP contribution is -2.32. The Morgan fingerprint density at radius 1 is 1.33 bits per heavy atom. The maximum Gasteiger partial charge on any atom is 0.244 e. The fourth-order valence-electron chi connectivity index (χ4n) is 1.79. The molecule has 0 fully saturated rings. The van der Waals surface area contributed by atoms with E-state index in [2.05, 4.69) is 4.72 Å². The molecule has 5 heteroatoms. The Balaban J connectivity index is 3.31. The average Bonchev–Trinajstić information content (AvgIpc) is 2.27. The topological polar surface area (TPSA) is 55.4 Å². The lowest BCUT2D eigenvalue weighted by Gasteiger charge is -2.16. The van der Waals surface area contributed by atoms with Crippen LogP contribution < -0.4 is 9.46 Å². The first-order chi connectivity index (χ1) is 8.31. The van der Waals surface area contributed by atoms with Gasteiger partial charge in [-0.1, -0.05) is 13.0 Å². The molecule has 0 aliphatic rings. The van der Waals surface area contributed by atoms with E-state index in [0.717, 1.165) is 17.5 Å². The van der Waals surface area contributed by atoms with E-state index in [1.165, 1.54) is 7.11 Å². The molecule has 1 rings (SSSR count). The minimum Gasteiger partial charge on any atom is -0.495 e. The van der Waals surface area contributed by atoms with Crippen molar-refractivity contribution in [2.45, 2.75) is 45.1 Å². The Hall–Kier alpha value is -1.07. The van der Waals surface area contributed by atoms with E-state index in [4.69, 9.17) is 4.74 Å². The smallest absolute Gasteiger partial charge is 0.244 e. The van der Waals surface area contributed by atoms with E-state index in [9.17, 15) is 8.42 Å². The van der Waals surface area contributed by atoms with Crippen LogP contribution in [0, 0.1) is 13.8 Å². The van der Waals surface area contributed by atoms with Gasteiger partial charge < -0.3 is 4.74 Å². The second-order valence-corrected chi connectivity index (χ2v) is 6.23. The van der Waals surface area contributed by atoms with Crippen LogP contribution in [0.2, 0.25) is 0 Å². The number of benzene rings is 1. The highest BCUT2D eigenvalue weighted by molar-refractivity contribution is 7.89. The number of methoxy groups -OCH3 is 1. The third-order valence-electron chi connectivity index (χ3n) is 2.85. The highest BCUT2D eigenvalue weighted by Crippen LogP contribution is 2.29. The number of ether oxygens (including phenoxy) is 1. The molecule has 102 valence electrons. The quantitative estimate of drug-likeness (QED) is 0.894. The molecule has 4 nitrogen and oxygen atoms in total. The van der Waals surface area contributed by atoms with Gasteiger partial charge in [-0.15, -0.1) is 0 Å². The molecular weight excluding hydrogens is 250 g/mol. The maximum atomic E-state index is 12.3. The molecule has 1 N–H and O–H groups in total. The molecule has 0 saturated heterocycles. The molecule has 0 saturated carbocycles. The van der Waals surface area contributed by atoms with Crippen LogP contribution in [0.25, 0.3) is 0 Å². The minimum absolute atomic E-state index is 0.0967. The third kappa shape index (κ3) is 3.23. The van der Waals surface area contributed by atoms with Crippen molar-refractivity contribution in [3.8, 4) is 5.75 Å². The zero-order valence-electron chi connectivity index (χ0n) is 11.6. The first kappa shape index (κ1) is 15.0. The summed E-state index contributed by atoms with van der Waals surface area (Å²) in [6.45, 7) is 7.49. The Kier molecular flexibility index (Phi) is 4.76. The van der Waals surface area contributed by atoms with E-state index in [-0.39, 0.29) is 10.9 Å². The molecule has 1 aromatic carbocycles. The van der Waals surface area contributed by atoms with Gasteiger partial charge in [-0.3, -0.25) is 0 Å². The van der Waals surface area contributed by atoms with Gasteiger partial charge in [0.15, 0.2) is 0 Å².